The molecule has 0 rings (SSSR count). The van der Waals surface area contributed by atoms with Crippen LogP contribution in [0.2, 0.25) is 0 Å². The van der Waals surface area contributed by atoms with E-state index in [1.165, 1.54) is 0 Å². The van der Waals surface area contributed by atoms with Crippen LogP contribution in [0.3, 0.4) is 0 Å². The van der Waals surface area contributed by atoms with Gasteiger partial charge in [0, 0.05) is 0 Å². The van der Waals surface area contributed by atoms with Crippen LogP contribution in [0, 0.1) is 10.1 Å². The van der Waals surface area contributed by atoms with Crippen molar-refractivity contribution < 1.29 is 35.0 Å². The van der Waals surface area contributed by atoms with Crippen LogP contribution in [0.5, 0.6) is 0 Å². The van der Waals surface area contributed by atoms with Crippen LogP contribution in [0.25, 0.3) is 0 Å². The fourth-order valence-corrected chi connectivity index (χ4v) is 0. The quantitative estimate of drug-likeness (QED) is 0.187. The van der Waals surface area contributed by atoms with Gasteiger partial charge in [0.05, 0.1) is 0 Å². The highest BCUT2D eigenvalue weighted by Gasteiger charge is 2.00. The summed E-state index contributed by atoms with van der Waals surface area (Å²) in [5, 5.41) is 13.6. The maximum atomic E-state index is 8.88. The summed E-state index contributed by atoms with van der Waals surface area (Å²) in [5.41, 5.74) is 0. The van der Waals surface area contributed by atoms with E-state index in [-0.39, 0.29) is 5.48 Å². The first-order chi connectivity index (χ1) is 3.73. The zero-order valence-electron chi connectivity index (χ0n) is 4.41. The Morgan fingerprint density at radius 3 is 1.30 bits per heavy atom. The van der Waals surface area contributed by atoms with Gasteiger partial charge in [-0.2, -0.15) is 0 Å². The van der Waals surface area contributed by atoms with Gasteiger partial charge in [-0.3, -0.25) is 0 Å². The van der Waals surface area contributed by atoms with Gasteiger partial charge in [0.1, 0.15) is 0 Å². The molecular weight excluding hydrogens is 173 g/mol. The molecule has 0 aromatic rings. The van der Waals surface area contributed by atoms with E-state index < -0.39 is 12.9 Å². The van der Waals surface area contributed by atoms with Crippen molar-refractivity contribution in [1.82, 2.24) is 0 Å². The number of nitrogens with zero attached hydrogens (tertiary/aromatic N) is 1. The molecule has 0 aromatic carbocycles. The second-order valence-electron chi connectivity index (χ2n) is 0.751. The maximum Gasteiger partial charge on any atom is 0.466 e. The monoisotopic (exact) mass is 179 g/mol. The summed E-state index contributed by atoms with van der Waals surface area (Å²) >= 11 is 0. The summed E-state index contributed by atoms with van der Waals surface area (Å²) in [5.74, 6) is 0. The molecule has 0 aliphatic heterocycles. The summed E-state index contributed by atoms with van der Waals surface area (Å²) in [7, 11) is -4.64. The van der Waals surface area contributed by atoms with E-state index in [0.29, 0.717) is 0 Å². The highest BCUT2D eigenvalue weighted by atomic mass is 31.2. The average molecular weight is 179 g/mol. The first kappa shape index (κ1) is 16.1. The Kier molecular flexibility index (Phi) is 10.3. The highest BCUT2D eigenvalue weighted by molar-refractivity contribution is 7.45. The first-order valence-corrected chi connectivity index (χ1v) is 2.91. The molecule has 10 heteroatoms. The second kappa shape index (κ2) is 6.39. The van der Waals surface area contributed by atoms with Gasteiger partial charge in [0.15, 0.2) is 0 Å². The minimum Gasteiger partial charge on any atom is -0.412 e. The Labute approximate surface area is 54.2 Å². The molecule has 0 aromatic heterocycles. The van der Waals surface area contributed by atoms with Crippen LogP contribution in [-0.4, -0.2) is 30.5 Å². The van der Waals surface area contributed by atoms with Crippen LogP contribution in [0.15, 0.2) is 0 Å². The predicted molar refractivity (Wildman–Crippen MR) is 26.7 cm³/mol. The van der Waals surface area contributed by atoms with Crippen molar-refractivity contribution in [2.45, 2.75) is 0 Å². The molecule has 0 radical (unpaired) electrons. The summed E-state index contributed by atoms with van der Waals surface area (Å²) in [6.45, 7) is 0. The maximum absolute atomic E-state index is 8.88. The second-order valence-corrected chi connectivity index (χ2v) is 1.78. The van der Waals surface area contributed by atoms with Gasteiger partial charge < -0.3 is 25.4 Å². The molecule has 0 saturated heterocycles. The van der Waals surface area contributed by atoms with Crippen molar-refractivity contribution in [2.75, 3.05) is 0 Å². The van der Waals surface area contributed by atoms with Crippen LogP contribution in [0.1, 0.15) is 0 Å². The zero-order valence-corrected chi connectivity index (χ0v) is 5.30. The number of hydrogen-bond acceptors (Lipinski definition) is 3. The van der Waals surface area contributed by atoms with Crippen molar-refractivity contribution >= 4 is 7.82 Å². The number of hydrogen-bond donors (Lipinski definition) is 4. The molecule has 0 saturated carbocycles. The fourth-order valence-electron chi connectivity index (χ4n) is 0. The van der Waals surface area contributed by atoms with E-state index in [9.17, 15) is 0 Å². The van der Waals surface area contributed by atoms with Crippen molar-refractivity contribution in [2.24, 2.45) is 0 Å². The summed E-state index contributed by atoms with van der Waals surface area (Å²) in [6.07, 6.45) is 0. The van der Waals surface area contributed by atoms with Gasteiger partial charge in [0.2, 0.25) is 0 Å². The molecule has 0 heterocycles. The van der Waals surface area contributed by atoms with E-state index in [1.807, 2.05) is 0 Å². The third kappa shape index (κ3) is 536. The molecule has 0 spiro atoms. The molecule has 0 amide bonds. The van der Waals surface area contributed by atoms with Gasteiger partial charge in [0.25, 0.3) is 5.09 Å². The molecule has 0 fully saturated rings. The summed E-state index contributed by atoms with van der Waals surface area (Å²) < 4.78 is 8.88. The molecule has 10 heavy (non-hydrogen) atoms. The molecule has 9 nitrogen and oxygen atoms in total. The molecule has 0 aliphatic carbocycles. The topological polar surface area (TPSA) is 173 Å². The van der Waals surface area contributed by atoms with E-state index in [4.69, 9.17) is 34.6 Å². The van der Waals surface area contributed by atoms with Crippen molar-refractivity contribution in [3.8, 4) is 0 Å². The lowest BCUT2D eigenvalue weighted by Gasteiger charge is -1.82. The predicted octanol–water partition coefficient (Wildman–Crippen LogP) is -2.10. The normalized spacial score (nSPS) is 8.30. The molecule has 6 N–H and O–H groups in total. The van der Waals surface area contributed by atoms with Crippen LogP contribution in [-0.2, 0) is 4.57 Å². The lowest BCUT2D eigenvalue weighted by atomic mass is 13.1. The zero-order chi connectivity index (χ0) is 8.08. The van der Waals surface area contributed by atoms with Gasteiger partial charge in [-0.1, -0.05) is 0 Å². The Bertz CT molecular complexity index is 109. The van der Waals surface area contributed by atoms with Crippen molar-refractivity contribution in [1.29, 1.82) is 0 Å². The largest absolute Gasteiger partial charge is 0.466 e. The van der Waals surface area contributed by atoms with Crippen molar-refractivity contribution in [3.63, 3.8) is 0 Å². The Morgan fingerprint density at radius 1 is 1.30 bits per heavy atom. The third-order valence-electron chi connectivity index (χ3n) is 0. The Balaban J connectivity index is -0.0000000910. The van der Waals surface area contributed by atoms with Crippen LogP contribution < -0.4 is 0 Å². The molecule has 0 aliphatic rings. The molecule has 0 bridgehead atoms. The Morgan fingerprint density at radius 2 is 1.30 bits per heavy atom. The van der Waals surface area contributed by atoms with E-state index in [1.54, 1.807) is 0 Å². The summed E-state index contributed by atoms with van der Waals surface area (Å²) in [6, 6.07) is 0. The molecular formula is H6NO8P. The lowest BCUT2D eigenvalue weighted by molar-refractivity contribution is -0.742. The van der Waals surface area contributed by atoms with Crippen LogP contribution in [0.4, 0.5) is 0 Å². The average Bonchev–Trinajstić information content (AvgIpc) is 1.19. The van der Waals surface area contributed by atoms with Gasteiger partial charge in [-0.05, 0) is 0 Å². The highest BCUT2D eigenvalue weighted by Crippen LogP contribution is 2.25. The first-order valence-electron chi connectivity index (χ1n) is 1.35. The molecule has 0 atom stereocenters. The minimum atomic E-state index is -4.64. The van der Waals surface area contributed by atoms with E-state index >= 15 is 0 Å². The number of rotatable bonds is 0. The van der Waals surface area contributed by atoms with Gasteiger partial charge in [-0.25, -0.2) is 4.57 Å². The van der Waals surface area contributed by atoms with Gasteiger partial charge in [-0.15, -0.1) is 10.1 Å². The minimum absolute atomic E-state index is 0. The summed E-state index contributed by atoms with van der Waals surface area (Å²) in [4.78, 5) is 29.9. The Hall–Kier alpha value is -0.730. The lowest BCUT2D eigenvalue weighted by Crippen LogP contribution is -1.81. The fraction of sp³-hybridized carbons (Fsp3) is 0. The van der Waals surface area contributed by atoms with Gasteiger partial charge >= 0.3 is 7.82 Å². The van der Waals surface area contributed by atoms with E-state index in [0.717, 1.165) is 0 Å². The third-order valence-corrected chi connectivity index (χ3v) is 0. The van der Waals surface area contributed by atoms with E-state index in [2.05, 4.69) is 0 Å². The standard InChI is InChI=1S/HNO3.H3O4P.H2O/c2-1(3)4;1-5(2,3)4;/h(H,2,3,4);(H3,1,2,3,4);1H2. The molecule has 0 unspecified atom stereocenters. The van der Waals surface area contributed by atoms with Crippen LogP contribution >= 0.6 is 7.82 Å². The number of phosphoric acid groups is 1. The molecule has 64 valence electrons. The van der Waals surface area contributed by atoms with Crippen molar-refractivity contribution in [3.05, 3.63) is 10.1 Å². The SMILES string of the molecule is O.O=P(O)(O)O.O=[N+]([O-])O. The smallest absolute Gasteiger partial charge is 0.412 e.